The second-order valence-corrected chi connectivity index (χ2v) is 7.35. The van der Waals surface area contributed by atoms with E-state index in [0.29, 0.717) is 5.52 Å². The van der Waals surface area contributed by atoms with Gasteiger partial charge in [0.15, 0.2) is 5.69 Å². The van der Waals surface area contributed by atoms with Gasteiger partial charge in [-0.1, -0.05) is 36.4 Å². The van der Waals surface area contributed by atoms with Crippen LogP contribution in [0.25, 0.3) is 10.9 Å². The highest BCUT2D eigenvalue weighted by Gasteiger charge is 2.19. The quantitative estimate of drug-likeness (QED) is 0.337. The Morgan fingerprint density at radius 2 is 1.84 bits per heavy atom. The number of amides is 1. The lowest BCUT2D eigenvalue weighted by molar-refractivity contribution is 0.0702. The van der Waals surface area contributed by atoms with Crippen LogP contribution in [-0.4, -0.2) is 20.7 Å². The molecule has 0 saturated heterocycles. The molecule has 0 saturated carbocycles. The Morgan fingerprint density at radius 3 is 2.58 bits per heavy atom. The molecule has 0 spiro atoms. The summed E-state index contributed by atoms with van der Waals surface area (Å²) in [5.41, 5.74) is 4.66. The van der Waals surface area contributed by atoms with E-state index in [1.54, 1.807) is 16.1 Å². The summed E-state index contributed by atoms with van der Waals surface area (Å²) in [6.07, 6.45) is 5.91. The van der Waals surface area contributed by atoms with Crippen LogP contribution in [0.2, 0.25) is 0 Å². The Balaban J connectivity index is 1.70. The normalized spacial score (nSPS) is 11.1. The van der Waals surface area contributed by atoms with E-state index in [1.165, 1.54) is 23.9 Å². The monoisotopic (exact) mass is 421 g/mol. The van der Waals surface area contributed by atoms with E-state index < -0.39 is 17.5 Å². The molecule has 0 aliphatic carbocycles. The standard InChI is InChI=1S/C24H21F2N3O2/c25-19-10-9-18(21(26)13-19)15-29-14-17(8-4-7-16-5-2-1-3-6-16)20-11-12-27-22(23(20)29)24(30)28-31/h1-3,5-6,9-14,31H,4,7-8,15H2,(H,28,30). The summed E-state index contributed by atoms with van der Waals surface area (Å²) in [7, 11) is 0. The van der Waals surface area contributed by atoms with E-state index >= 15 is 0 Å². The molecule has 2 aromatic carbocycles. The second kappa shape index (κ2) is 9.06. The zero-order valence-corrected chi connectivity index (χ0v) is 16.7. The number of nitrogens with zero attached hydrogens (tertiary/aromatic N) is 2. The molecule has 0 atom stereocenters. The van der Waals surface area contributed by atoms with Crippen molar-refractivity contribution in [1.29, 1.82) is 0 Å². The topological polar surface area (TPSA) is 67.2 Å². The zero-order valence-electron chi connectivity index (χ0n) is 16.7. The van der Waals surface area contributed by atoms with Crippen molar-refractivity contribution in [3.05, 3.63) is 101 Å². The number of hydrogen-bond acceptors (Lipinski definition) is 3. The van der Waals surface area contributed by atoms with Crippen molar-refractivity contribution in [2.45, 2.75) is 25.8 Å². The lowest BCUT2D eigenvalue weighted by Crippen LogP contribution is -2.21. The number of carbonyl (C=O) groups is 1. The van der Waals surface area contributed by atoms with E-state index in [2.05, 4.69) is 17.1 Å². The molecule has 0 aliphatic heterocycles. The average molecular weight is 421 g/mol. The van der Waals surface area contributed by atoms with Gasteiger partial charge in [0.05, 0.1) is 12.1 Å². The van der Waals surface area contributed by atoms with Gasteiger partial charge in [-0.3, -0.25) is 10.0 Å². The molecule has 31 heavy (non-hydrogen) atoms. The minimum Gasteiger partial charge on any atom is -0.341 e. The Morgan fingerprint density at radius 1 is 1.03 bits per heavy atom. The predicted molar refractivity (Wildman–Crippen MR) is 113 cm³/mol. The fraction of sp³-hybridized carbons (Fsp3) is 0.167. The first-order valence-electron chi connectivity index (χ1n) is 9.96. The molecule has 2 N–H and O–H groups in total. The molecule has 0 fully saturated rings. The number of aryl methyl sites for hydroxylation is 2. The van der Waals surface area contributed by atoms with Crippen molar-refractivity contribution in [2.75, 3.05) is 0 Å². The lowest BCUT2D eigenvalue weighted by Gasteiger charge is -2.09. The molecule has 158 valence electrons. The molecule has 7 heteroatoms. The van der Waals surface area contributed by atoms with Crippen LogP contribution in [0.3, 0.4) is 0 Å². The van der Waals surface area contributed by atoms with Crippen molar-refractivity contribution in [2.24, 2.45) is 0 Å². The lowest BCUT2D eigenvalue weighted by atomic mass is 10.0. The summed E-state index contributed by atoms with van der Waals surface area (Å²) in [6.45, 7) is 0.0959. The molecular formula is C24H21F2N3O2. The molecule has 0 unspecified atom stereocenters. The van der Waals surface area contributed by atoms with Gasteiger partial charge in [-0.05, 0) is 42.5 Å². The Labute approximate surface area is 177 Å². The summed E-state index contributed by atoms with van der Waals surface area (Å²) in [5.74, 6) is -2.06. The van der Waals surface area contributed by atoms with Crippen LogP contribution in [0, 0.1) is 11.6 Å². The Kier molecular flexibility index (Phi) is 6.04. The van der Waals surface area contributed by atoms with Crippen molar-refractivity contribution in [3.8, 4) is 0 Å². The number of rotatable bonds is 7. The van der Waals surface area contributed by atoms with Crippen molar-refractivity contribution in [1.82, 2.24) is 15.0 Å². The molecule has 4 aromatic rings. The van der Waals surface area contributed by atoms with E-state index in [4.69, 9.17) is 5.21 Å². The molecule has 1 amide bonds. The highest BCUT2D eigenvalue weighted by molar-refractivity contribution is 6.04. The van der Waals surface area contributed by atoms with Gasteiger partial charge in [0.25, 0.3) is 5.91 Å². The van der Waals surface area contributed by atoms with Gasteiger partial charge >= 0.3 is 0 Å². The second-order valence-electron chi connectivity index (χ2n) is 7.35. The fourth-order valence-electron chi connectivity index (χ4n) is 3.83. The minimum absolute atomic E-state index is 0.0387. The Bertz CT molecular complexity index is 1220. The van der Waals surface area contributed by atoms with E-state index in [9.17, 15) is 13.6 Å². The molecule has 0 radical (unpaired) electrons. The number of aromatic nitrogens is 2. The van der Waals surface area contributed by atoms with Crippen LogP contribution in [0.4, 0.5) is 8.78 Å². The number of hydroxylamine groups is 1. The van der Waals surface area contributed by atoms with Crippen LogP contribution < -0.4 is 5.48 Å². The van der Waals surface area contributed by atoms with E-state index in [-0.39, 0.29) is 17.8 Å². The fourth-order valence-corrected chi connectivity index (χ4v) is 3.83. The number of fused-ring (bicyclic) bond motifs is 1. The smallest absolute Gasteiger partial charge is 0.295 e. The van der Waals surface area contributed by atoms with Gasteiger partial charge < -0.3 is 4.57 Å². The highest BCUT2D eigenvalue weighted by atomic mass is 19.1. The van der Waals surface area contributed by atoms with Gasteiger partial charge in [0.1, 0.15) is 11.6 Å². The predicted octanol–water partition coefficient (Wildman–Crippen LogP) is 4.66. The number of halogens is 2. The maximum absolute atomic E-state index is 14.3. The maximum Gasteiger partial charge on any atom is 0.295 e. The third-order valence-corrected chi connectivity index (χ3v) is 5.30. The van der Waals surface area contributed by atoms with E-state index in [1.807, 2.05) is 24.4 Å². The van der Waals surface area contributed by atoms with E-state index in [0.717, 1.165) is 36.3 Å². The van der Waals surface area contributed by atoms with Gasteiger partial charge in [-0.15, -0.1) is 0 Å². The van der Waals surface area contributed by atoms with Crippen molar-refractivity contribution in [3.63, 3.8) is 0 Å². The van der Waals surface area contributed by atoms with Gasteiger partial charge in [-0.25, -0.2) is 19.2 Å². The Hall–Kier alpha value is -3.58. The van der Waals surface area contributed by atoms with Crippen LogP contribution in [-0.2, 0) is 19.4 Å². The molecule has 0 aliphatic rings. The molecule has 2 aromatic heterocycles. The molecule has 2 heterocycles. The maximum atomic E-state index is 14.3. The minimum atomic E-state index is -0.750. The van der Waals surface area contributed by atoms with Gasteiger partial charge in [-0.2, -0.15) is 0 Å². The highest BCUT2D eigenvalue weighted by Crippen LogP contribution is 2.27. The number of nitrogens with one attached hydrogen (secondary N) is 1. The molecular weight excluding hydrogens is 400 g/mol. The van der Waals surface area contributed by atoms with Crippen molar-refractivity contribution < 1.29 is 18.8 Å². The largest absolute Gasteiger partial charge is 0.341 e. The first-order valence-corrected chi connectivity index (χ1v) is 9.96. The first-order chi connectivity index (χ1) is 15.1. The number of benzene rings is 2. The third-order valence-electron chi connectivity index (χ3n) is 5.30. The van der Waals surface area contributed by atoms with Crippen molar-refractivity contribution >= 4 is 16.8 Å². The number of pyridine rings is 1. The summed E-state index contributed by atoms with van der Waals surface area (Å²) >= 11 is 0. The number of carbonyl (C=O) groups excluding carboxylic acids is 1. The first kappa shape index (κ1) is 20.7. The summed E-state index contributed by atoms with van der Waals surface area (Å²) in [6, 6.07) is 15.4. The van der Waals surface area contributed by atoms with Gasteiger partial charge in [0.2, 0.25) is 0 Å². The zero-order chi connectivity index (χ0) is 21.8. The third kappa shape index (κ3) is 4.46. The SMILES string of the molecule is O=C(NO)c1nccc2c(CCCc3ccccc3)cn(Cc3ccc(F)cc3F)c12. The molecule has 4 rings (SSSR count). The number of hydrogen-bond donors (Lipinski definition) is 2. The molecule has 5 nitrogen and oxygen atoms in total. The van der Waals surface area contributed by atoms with Gasteiger partial charge in [0, 0.05) is 29.4 Å². The van der Waals surface area contributed by atoms with Crippen LogP contribution >= 0.6 is 0 Å². The summed E-state index contributed by atoms with van der Waals surface area (Å²) < 4.78 is 29.3. The van der Waals surface area contributed by atoms with Crippen LogP contribution in [0.1, 0.15) is 33.6 Å². The van der Waals surface area contributed by atoms with Crippen LogP contribution in [0.15, 0.2) is 67.0 Å². The molecule has 0 bridgehead atoms. The summed E-state index contributed by atoms with van der Waals surface area (Å²) in [4.78, 5) is 16.3. The van der Waals surface area contributed by atoms with Crippen LogP contribution in [0.5, 0.6) is 0 Å². The summed E-state index contributed by atoms with van der Waals surface area (Å²) in [5, 5.41) is 9.94. The average Bonchev–Trinajstić information content (AvgIpc) is 3.13.